The van der Waals surface area contributed by atoms with Gasteiger partial charge in [-0.15, -0.1) is 0 Å². The van der Waals surface area contributed by atoms with E-state index in [4.69, 9.17) is 5.26 Å². The van der Waals surface area contributed by atoms with E-state index in [2.05, 4.69) is 15.9 Å². The molecule has 4 heteroatoms. The molecule has 0 radical (unpaired) electrons. The van der Waals surface area contributed by atoms with Crippen LogP contribution in [-0.2, 0) is 0 Å². The molecule has 16 heavy (non-hydrogen) atoms. The predicted octanol–water partition coefficient (Wildman–Crippen LogP) is 0.679. The molecule has 1 aliphatic heterocycles. The zero-order valence-electron chi connectivity index (χ0n) is 10.4. The fourth-order valence-electron chi connectivity index (χ4n) is 2.10. The summed E-state index contributed by atoms with van der Waals surface area (Å²) in [7, 11) is 0. The average Bonchev–Trinajstić information content (AvgIpc) is 2.19. The van der Waals surface area contributed by atoms with Crippen molar-refractivity contribution in [2.45, 2.75) is 32.3 Å². The summed E-state index contributed by atoms with van der Waals surface area (Å²) in [6, 6.07) is 2.18. The largest absolute Gasteiger partial charge is 0.389 e. The number of hydrogen-bond acceptors (Lipinski definition) is 4. The molecule has 92 valence electrons. The molecule has 1 saturated heterocycles. The molecule has 1 heterocycles. The molecule has 0 aromatic rings. The second-order valence-electron chi connectivity index (χ2n) is 5.19. The Morgan fingerprint density at radius 3 is 2.25 bits per heavy atom. The summed E-state index contributed by atoms with van der Waals surface area (Å²) in [6.07, 6.45) is 1.63. The minimum absolute atomic E-state index is 0.594. The molecule has 1 N–H and O–H groups in total. The van der Waals surface area contributed by atoms with Crippen molar-refractivity contribution in [3.8, 4) is 6.07 Å². The Kier molecular flexibility index (Phi) is 5.20. The van der Waals surface area contributed by atoms with Crippen LogP contribution in [-0.4, -0.2) is 59.8 Å². The minimum Gasteiger partial charge on any atom is -0.389 e. The van der Waals surface area contributed by atoms with Gasteiger partial charge in [0.1, 0.15) is 0 Å². The Balaban J connectivity index is 2.16. The van der Waals surface area contributed by atoms with E-state index in [1.807, 2.05) is 13.8 Å². The number of unbranched alkanes of at least 4 members (excludes halogenated alkanes) is 1. The Morgan fingerprint density at radius 1 is 1.19 bits per heavy atom. The molecule has 1 rings (SSSR count). The van der Waals surface area contributed by atoms with Crippen LogP contribution in [0.5, 0.6) is 0 Å². The highest BCUT2D eigenvalue weighted by molar-refractivity contribution is 4.78. The van der Waals surface area contributed by atoms with E-state index in [1.54, 1.807) is 0 Å². The first kappa shape index (κ1) is 13.4. The smallest absolute Gasteiger partial charge is 0.0718 e. The molecule has 0 aromatic heterocycles. The summed E-state index contributed by atoms with van der Waals surface area (Å²) >= 11 is 0. The van der Waals surface area contributed by atoms with Gasteiger partial charge in [-0.25, -0.2) is 0 Å². The van der Waals surface area contributed by atoms with E-state index in [-0.39, 0.29) is 0 Å². The van der Waals surface area contributed by atoms with Crippen molar-refractivity contribution in [3.05, 3.63) is 0 Å². The molecule has 0 atom stereocenters. The minimum atomic E-state index is -0.594. The lowest BCUT2D eigenvalue weighted by Crippen LogP contribution is -2.50. The van der Waals surface area contributed by atoms with Crippen molar-refractivity contribution in [1.29, 1.82) is 5.26 Å². The van der Waals surface area contributed by atoms with Gasteiger partial charge < -0.3 is 10.0 Å². The highest BCUT2D eigenvalue weighted by Crippen LogP contribution is 2.09. The molecule has 1 aliphatic rings. The predicted molar refractivity (Wildman–Crippen MR) is 64.0 cm³/mol. The second kappa shape index (κ2) is 6.19. The molecule has 1 fully saturated rings. The third-order valence-corrected chi connectivity index (χ3v) is 2.84. The van der Waals surface area contributed by atoms with Crippen LogP contribution in [0.15, 0.2) is 0 Å². The van der Waals surface area contributed by atoms with Gasteiger partial charge >= 0.3 is 0 Å². The Bertz CT molecular complexity index is 234. The van der Waals surface area contributed by atoms with Gasteiger partial charge in [0.25, 0.3) is 0 Å². The number of nitrogens with zero attached hydrogens (tertiary/aromatic N) is 3. The van der Waals surface area contributed by atoms with Gasteiger partial charge in [-0.2, -0.15) is 5.26 Å². The van der Waals surface area contributed by atoms with Crippen LogP contribution in [0.3, 0.4) is 0 Å². The van der Waals surface area contributed by atoms with Gasteiger partial charge in [0.2, 0.25) is 0 Å². The van der Waals surface area contributed by atoms with E-state index < -0.39 is 5.60 Å². The summed E-state index contributed by atoms with van der Waals surface area (Å²) in [5, 5.41) is 18.2. The van der Waals surface area contributed by atoms with Crippen molar-refractivity contribution < 1.29 is 5.11 Å². The molecule has 0 spiro atoms. The van der Waals surface area contributed by atoms with Crippen LogP contribution in [0.2, 0.25) is 0 Å². The summed E-state index contributed by atoms with van der Waals surface area (Å²) in [6.45, 7) is 9.65. The summed E-state index contributed by atoms with van der Waals surface area (Å²) in [4.78, 5) is 4.71. The molecular formula is C12H23N3O. The number of rotatable bonds is 5. The zero-order chi connectivity index (χ0) is 12.0. The molecule has 0 bridgehead atoms. The first-order chi connectivity index (χ1) is 7.51. The normalized spacial score (nSPS) is 19.6. The quantitative estimate of drug-likeness (QED) is 0.699. The Labute approximate surface area is 98.5 Å². The van der Waals surface area contributed by atoms with Gasteiger partial charge in [0.05, 0.1) is 11.7 Å². The van der Waals surface area contributed by atoms with Crippen molar-refractivity contribution >= 4 is 0 Å². The average molecular weight is 225 g/mol. The topological polar surface area (TPSA) is 50.5 Å². The fraction of sp³-hybridized carbons (Fsp3) is 0.917. The number of aliphatic hydroxyl groups is 1. The maximum atomic E-state index is 9.72. The van der Waals surface area contributed by atoms with Gasteiger partial charge in [0, 0.05) is 39.1 Å². The van der Waals surface area contributed by atoms with Gasteiger partial charge in [-0.3, -0.25) is 4.90 Å². The molecule has 0 saturated carbocycles. The first-order valence-electron chi connectivity index (χ1n) is 6.05. The molecule has 0 amide bonds. The third-order valence-electron chi connectivity index (χ3n) is 2.84. The van der Waals surface area contributed by atoms with Crippen molar-refractivity contribution in [1.82, 2.24) is 9.80 Å². The van der Waals surface area contributed by atoms with Crippen LogP contribution in [0.4, 0.5) is 0 Å². The molecule has 0 aliphatic carbocycles. The highest BCUT2D eigenvalue weighted by atomic mass is 16.3. The van der Waals surface area contributed by atoms with Crippen LogP contribution in [0, 0.1) is 11.3 Å². The third kappa shape index (κ3) is 5.45. The number of nitriles is 1. The van der Waals surface area contributed by atoms with Crippen LogP contribution in [0.1, 0.15) is 26.7 Å². The molecule has 4 nitrogen and oxygen atoms in total. The number of hydrogen-bond donors (Lipinski definition) is 1. The van der Waals surface area contributed by atoms with Crippen molar-refractivity contribution in [3.63, 3.8) is 0 Å². The Morgan fingerprint density at radius 2 is 1.75 bits per heavy atom. The van der Waals surface area contributed by atoms with E-state index in [9.17, 15) is 5.11 Å². The van der Waals surface area contributed by atoms with Crippen LogP contribution in [0.25, 0.3) is 0 Å². The van der Waals surface area contributed by atoms with Gasteiger partial charge in [-0.1, -0.05) is 0 Å². The molecule has 0 aromatic carbocycles. The lowest BCUT2D eigenvalue weighted by molar-refractivity contribution is 0.0177. The summed E-state index contributed by atoms with van der Waals surface area (Å²) < 4.78 is 0. The lowest BCUT2D eigenvalue weighted by Gasteiger charge is -2.37. The zero-order valence-corrected chi connectivity index (χ0v) is 10.4. The summed E-state index contributed by atoms with van der Waals surface area (Å²) in [5.74, 6) is 0. The van der Waals surface area contributed by atoms with Crippen molar-refractivity contribution in [2.24, 2.45) is 0 Å². The first-order valence-corrected chi connectivity index (χ1v) is 6.05. The van der Waals surface area contributed by atoms with E-state index in [0.29, 0.717) is 6.42 Å². The van der Waals surface area contributed by atoms with Gasteiger partial charge in [-0.05, 0) is 26.8 Å². The van der Waals surface area contributed by atoms with Gasteiger partial charge in [0.15, 0.2) is 0 Å². The lowest BCUT2D eigenvalue weighted by atomic mass is 10.1. The maximum absolute atomic E-state index is 9.72. The molecular weight excluding hydrogens is 202 g/mol. The highest BCUT2D eigenvalue weighted by Gasteiger charge is 2.22. The monoisotopic (exact) mass is 225 g/mol. The maximum Gasteiger partial charge on any atom is 0.0718 e. The Hall–Kier alpha value is -0.630. The molecule has 0 unspecified atom stereocenters. The number of piperazine rings is 1. The van der Waals surface area contributed by atoms with Crippen LogP contribution >= 0.6 is 0 Å². The SMILES string of the molecule is CC(C)(O)CN1CCN(CCCC#N)CC1. The van der Waals surface area contributed by atoms with E-state index in [0.717, 1.165) is 45.7 Å². The van der Waals surface area contributed by atoms with Crippen LogP contribution < -0.4 is 0 Å². The summed E-state index contributed by atoms with van der Waals surface area (Å²) in [5.41, 5.74) is -0.594. The van der Waals surface area contributed by atoms with E-state index >= 15 is 0 Å². The second-order valence-corrected chi connectivity index (χ2v) is 5.19. The fourth-order valence-corrected chi connectivity index (χ4v) is 2.10. The number of β-amino-alcohol motifs (C(OH)–C–C–N with tert-alkyl or cyclic N) is 1. The van der Waals surface area contributed by atoms with Crippen molar-refractivity contribution in [2.75, 3.05) is 39.3 Å². The van der Waals surface area contributed by atoms with E-state index in [1.165, 1.54) is 0 Å². The standard InChI is InChI=1S/C12H23N3O/c1-12(2,16)11-15-9-7-14(8-10-15)6-4-3-5-13/h16H,3-4,6-11H2,1-2H3.